The Labute approximate surface area is 133 Å². The van der Waals surface area contributed by atoms with Crippen LogP contribution >= 0.6 is 23.2 Å². The third kappa shape index (κ3) is 3.12. The first kappa shape index (κ1) is 14.2. The van der Waals surface area contributed by atoms with E-state index in [0.717, 1.165) is 29.2 Å². The Hall–Kier alpha value is -1.77. The molecule has 0 unspecified atom stereocenters. The summed E-state index contributed by atoms with van der Waals surface area (Å²) < 4.78 is 0. The lowest BCUT2D eigenvalue weighted by atomic mass is 10.1. The standard InChI is InChI=1S/C17H14Cl2N2/c1-11-17(13-7-8-14(18)15(19)10-13)21-16(20-11)9-12-5-3-2-4-6-12/h2-8,10H,9H2,1H3,(H,20,21). The van der Waals surface area contributed by atoms with Crippen molar-refractivity contribution < 1.29 is 0 Å². The summed E-state index contributed by atoms with van der Waals surface area (Å²) in [5.41, 5.74) is 4.14. The molecular weight excluding hydrogens is 303 g/mol. The van der Waals surface area contributed by atoms with Gasteiger partial charge in [0.2, 0.25) is 0 Å². The Morgan fingerprint density at radius 3 is 2.48 bits per heavy atom. The van der Waals surface area contributed by atoms with Gasteiger partial charge in [0.25, 0.3) is 0 Å². The summed E-state index contributed by atoms with van der Waals surface area (Å²) in [5, 5.41) is 1.10. The molecule has 0 fully saturated rings. The minimum atomic E-state index is 0.543. The van der Waals surface area contributed by atoms with Crippen LogP contribution in [0, 0.1) is 6.92 Å². The van der Waals surface area contributed by atoms with Crippen molar-refractivity contribution in [2.24, 2.45) is 0 Å². The highest BCUT2D eigenvalue weighted by Crippen LogP contribution is 2.29. The Morgan fingerprint density at radius 1 is 1.00 bits per heavy atom. The van der Waals surface area contributed by atoms with E-state index in [4.69, 9.17) is 23.2 Å². The van der Waals surface area contributed by atoms with Gasteiger partial charge in [0.1, 0.15) is 5.82 Å². The van der Waals surface area contributed by atoms with Crippen molar-refractivity contribution in [1.82, 2.24) is 9.97 Å². The van der Waals surface area contributed by atoms with E-state index in [0.29, 0.717) is 10.0 Å². The fourth-order valence-electron chi connectivity index (χ4n) is 2.32. The van der Waals surface area contributed by atoms with Gasteiger partial charge in [-0.15, -0.1) is 0 Å². The second-order valence-electron chi connectivity index (χ2n) is 4.95. The van der Waals surface area contributed by atoms with E-state index >= 15 is 0 Å². The first-order valence-electron chi connectivity index (χ1n) is 6.68. The molecule has 0 radical (unpaired) electrons. The number of benzene rings is 2. The van der Waals surface area contributed by atoms with E-state index in [1.165, 1.54) is 5.56 Å². The number of halogens is 2. The molecule has 2 aromatic carbocycles. The molecule has 3 rings (SSSR count). The number of rotatable bonds is 3. The number of H-pyrrole nitrogens is 1. The predicted octanol–water partition coefficient (Wildman–Crippen LogP) is 5.28. The summed E-state index contributed by atoms with van der Waals surface area (Å²) in [6.45, 7) is 2.01. The van der Waals surface area contributed by atoms with Crippen LogP contribution in [0.5, 0.6) is 0 Å². The summed E-state index contributed by atoms with van der Waals surface area (Å²) in [7, 11) is 0. The zero-order valence-electron chi connectivity index (χ0n) is 11.5. The molecule has 4 heteroatoms. The van der Waals surface area contributed by atoms with Crippen LogP contribution in [0.15, 0.2) is 48.5 Å². The highest BCUT2D eigenvalue weighted by molar-refractivity contribution is 6.42. The Balaban J connectivity index is 1.92. The quantitative estimate of drug-likeness (QED) is 0.699. The van der Waals surface area contributed by atoms with Gasteiger partial charge in [-0.25, -0.2) is 4.98 Å². The normalized spacial score (nSPS) is 10.8. The maximum absolute atomic E-state index is 6.08. The van der Waals surface area contributed by atoms with Crippen LogP contribution < -0.4 is 0 Å². The van der Waals surface area contributed by atoms with Crippen LogP contribution in [-0.2, 0) is 6.42 Å². The second kappa shape index (κ2) is 5.92. The number of hydrogen-bond donors (Lipinski definition) is 1. The minimum absolute atomic E-state index is 0.543. The van der Waals surface area contributed by atoms with Gasteiger partial charge in [-0.05, 0) is 24.6 Å². The lowest BCUT2D eigenvalue weighted by Crippen LogP contribution is -1.90. The lowest BCUT2D eigenvalue weighted by Gasteiger charge is -2.01. The van der Waals surface area contributed by atoms with Crippen LogP contribution in [0.4, 0.5) is 0 Å². The molecule has 3 aromatic rings. The molecule has 0 aliphatic carbocycles. The SMILES string of the molecule is Cc1[nH]c(Cc2ccccc2)nc1-c1ccc(Cl)c(Cl)c1. The largest absolute Gasteiger partial charge is 0.345 e. The van der Waals surface area contributed by atoms with Gasteiger partial charge in [-0.3, -0.25) is 0 Å². The zero-order chi connectivity index (χ0) is 14.8. The molecule has 0 aliphatic rings. The van der Waals surface area contributed by atoms with Crippen LogP contribution in [0.2, 0.25) is 10.0 Å². The van der Waals surface area contributed by atoms with Crippen molar-refractivity contribution in [3.63, 3.8) is 0 Å². The van der Waals surface area contributed by atoms with E-state index in [2.05, 4.69) is 22.1 Å². The van der Waals surface area contributed by atoms with E-state index < -0.39 is 0 Å². The Kier molecular flexibility index (Phi) is 4.00. The summed E-state index contributed by atoms with van der Waals surface area (Å²) >= 11 is 12.0. The first-order chi connectivity index (χ1) is 10.1. The highest BCUT2D eigenvalue weighted by atomic mass is 35.5. The van der Waals surface area contributed by atoms with E-state index in [1.807, 2.05) is 37.3 Å². The molecule has 1 N–H and O–H groups in total. The molecule has 0 saturated heterocycles. The molecule has 0 spiro atoms. The number of aromatic amines is 1. The molecule has 106 valence electrons. The van der Waals surface area contributed by atoms with Crippen LogP contribution in [0.25, 0.3) is 11.3 Å². The van der Waals surface area contributed by atoms with Crippen molar-refractivity contribution in [2.45, 2.75) is 13.3 Å². The summed E-state index contributed by atoms with van der Waals surface area (Å²) in [4.78, 5) is 8.03. The van der Waals surface area contributed by atoms with E-state index in [-0.39, 0.29) is 0 Å². The number of nitrogens with one attached hydrogen (secondary N) is 1. The average molecular weight is 317 g/mol. The third-order valence-electron chi connectivity index (χ3n) is 3.34. The summed E-state index contributed by atoms with van der Waals surface area (Å²) in [5.74, 6) is 0.944. The van der Waals surface area contributed by atoms with Crippen LogP contribution in [0.1, 0.15) is 17.1 Å². The molecular formula is C17H14Cl2N2. The molecule has 0 aliphatic heterocycles. The van der Waals surface area contributed by atoms with Gasteiger partial charge >= 0.3 is 0 Å². The van der Waals surface area contributed by atoms with E-state index in [1.54, 1.807) is 6.07 Å². The number of aromatic nitrogens is 2. The van der Waals surface area contributed by atoms with Crippen LogP contribution in [0.3, 0.4) is 0 Å². The second-order valence-corrected chi connectivity index (χ2v) is 5.76. The molecule has 2 nitrogen and oxygen atoms in total. The molecule has 1 heterocycles. The molecule has 0 amide bonds. The molecule has 0 bridgehead atoms. The Morgan fingerprint density at radius 2 is 1.76 bits per heavy atom. The number of hydrogen-bond acceptors (Lipinski definition) is 1. The van der Waals surface area contributed by atoms with Gasteiger partial charge in [-0.2, -0.15) is 0 Å². The number of nitrogens with zero attached hydrogens (tertiary/aromatic N) is 1. The van der Waals surface area contributed by atoms with Crippen molar-refractivity contribution >= 4 is 23.2 Å². The molecule has 0 atom stereocenters. The molecule has 21 heavy (non-hydrogen) atoms. The first-order valence-corrected chi connectivity index (χ1v) is 7.44. The van der Waals surface area contributed by atoms with Crippen LogP contribution in [-0.4, -0.2) is 9.97 Å². The maximum Gasteiger partial charge on any atom is 0.111 e. The Bertz CT molecular complexity index is 764. The minimum Gasteiger partial charge on any atom is -0.345 e. The topological polar surface area (TPSA) is 28.7 Å². The zero-order valence-corrected chi connectivity index (χ0v) is 13.0. The number of aryl methyl sites for hydroxylation is 1. The predicted molar refractivity (Wildman–Crippen MR) is 88.0 cm³/mol. The molecule has 1 aromatic heterocycles. The van der Waals surface area contributed by atoms with Gasteiger partial charge in [-0.1, -0.05) is 59.6 Å². The number of imidazole rings is 1. The van der Waals surface area contributed by atoms with Gasteiger partial charge < -0.3 is 4.98 Å². The average Bonchev–Trinajstić information content (AvgIpc) is 2.84. The van der Waals surface area contributed by atoms with E-state index in [9.17, 15) is 0 Å². The van der Waals surface area contributed by atoms with Gasteiger partial charge in [0, 0.05) is 17.7 Å². The summed E-state index contributed by atoms with van der Waals surface area (Å²) in [6, 6.07) is 15.8. The van der Waals surface area contributed by atoms with Crippen molar-refractivity contribution in [3.8, 4) is 11.3 Å². The van der Waals surface area contributed by atoms with Crippen molar-refractivity contribution in [1.29, 1.82) is 0 Å². The fraction of sp³-hybridized carbons (Fsp3) is 0.118. The van der Waals surface area contributed by atoms with Crippen molar-refractivity contribution in [2.75, 3.05) is 0 Å². The smallest absolute Gasteiger partial charge is 0.111 e. The van der Waals surface area contributed by atoms with Gasteiger partial charge in [0.05, 0.1) is 15.7 Å². The van der Waals surface area contributed by atoms with Gasteiger partial charge in [0.15, 0.2) is 0 Å². The third-order valence-corrected chi connectivity index (χ3v) is 4.08. The fourth-order valence-corrected chi connectivity index (χ4v) is 2.62. The molecule has 0 saturated carbocycles. The maximum atomic E-state index is 6.08. The summed E-state index contributed by atoms with van der Waals surface area (Å²) in [6.07, 6.45) is 0.781. The van der Waals surface area contributed by atoms with Crippen molar-refractivity contribution in [3.05, 3.63) is 75.7 Å². The monoisotopic (exact) mass is 316 g/mol. The lowest BCUT2D eigenvalue weighted by molar-refractivity contribution is 1.02. The highest BCUT2D eigenvalue weighted by Gasteiger charge is 2.11.